The summed E-state index contributed by atoms with van der Waals surface area (Å²) in [5.74, 6) is 1.63. The zero-order valence-electron chi connectivity index (χ0n) is 17.3. The third kappa shape index (κ3) is 4.48. The van der Waals surface area contributed by atoms with Crippen LogP contribution in [0.3, 0.4) is 0 Å². The number of aryl methyl sites for hydroxylation is 1. The number of carbonyl (C=O) groups is 1. The van der Waals surface area contributed by atoms with E-state index in [-0.39, 0.29) is 5.91 Å². The first-order valence-electron chi connectivity index (χ1n) is 11.0. The molecule has 0 bridgehead atoms. The Kier molecular flexibility index (Phi) is 6.50. The van der Waals surface area contributed by atoms with E-state index in [1.54, 1.807) is 7.11 Å². The predicted molar refractivity (Wildman–Crippen MR) is 116 cm³/mol. The summed E-state index contributed by atoms with van der Waals surface area (Å²) in [6.45, 7) is 1.90. The molecule has 154 valence electrons. The van der Waals surface area contributed by atoms with E-state index in [0.717, 1.165) is 43.7 Å². The molecule has 2 fully saturated rings. The molecule has 1 N–H and O–H groups in total. The number of amides is 1. The van der Waals surface area contributed by atoms with Crippen molar-refractivity contribution >= 4 is 5.91 Å². The SMILES string of the molecule is COc1ccccc1CCC(=O)N1CC[C@H](c2ccccc2)[C@H]2NCCCC[C@H]21. The number of hydrogen-bond acceptors (Lipinski definition) is 3. The fourth-order valence-electron chi connectivity index (χ4n) is 5.13. The van der Waals surface area contributed by atoms with Crippen LogP contribution < -0.4 is 10.1 Å². The van der Waals surface area contributed by atoms with Crippen LogP contribution in [0.1, 0.15) is 49.1 Å². The number of benzene rings is 2. The molecule has 0 radical (unpaired) electrons. The lowest BCUT2D eigenvalue weighted by molar-refractivity contribution is -0.136. The van der Waals surface area contributed by atoms with Crippen LogP contribution in [0.4, 0.5) is 0 Å². The number of rotatable bonds is 5. The van der Waals surface area contributed by atoms with E-state index >= 15 is 0 Å². The molecule has 0 aliphatic carbocycles. The van der Waals surface area contributed by atoms with E-state index in [1.165, 1.54) is 18.4 Å². The van der Waals surface area contributed by atoms with Crippen molar-refractivity contribution in [1.82, 2.24) is 10.2 Å². The number of likely N-dealkylation sites (tertiary alicyclic amines) is 1. The molecule has 4 rings (SSSR count). The Labute approximate surface area is 174 Å². The number of carbonyl (C=O) groups excluding carboxylic acids is 1. The normalized spacial score (nSPS) is 24.4. The molecule has 0 saturated carbocycles. The van der Waals surface area contributed by atoms with Gasteiger partial charge in [-0.25, -0.2) is 0 Å². The molecule has 29 heavy (non-hydrogen) atoms. The van der Waals surface area contributed by atoms with Crippen molar-refractivity contribution < 1.29 is 9.53 Å². The molecule has 0 unspecified atom stereocenters. The highest BCUT2D eigenvalue weighted by atomic mass is 16.5. The second-order valence-corrected chi connectivity index (χ2v) is 8.25. The highest BCUT2D eigenvalue weighted by molar-refractivity contribution is 5.77. The van der Waals surface area contributed by atoms with Gasteiger partial charge < -0.3 is 15.0 Å². The van der Waals surface area contributed by atoms with Gasteiger partial charge in [-0.05, 0) is 49.4 Å². The molecule has 2 aromatic rings. The maximum Gasteiger partial charge on any atom is 0.223 e. The lowest BCUT2D eigenvalue weighted by atomic mass is 9.79. The number of fused-ring (bicyclic) bond motifs is 1. The second-order valence-electron chi connectivity index (χ2n) is 8.25. The summed E-state index contributed by atoms with van der Waals surface area (Å²) in [7, 11) is 1.69. The third-order valence-electron chi connectivity index (χ3n) is 6.58. The fourth-order valence-corrected chi connectivity index (χ4v) is 5.13. The van der Waals surface area contributed by atoms with Crippen LogP contribution in [0, 0.1) is 0 Å². The van der Waals surface area contributed by atoms with Gasteiger partial charge in [0.05, 0.1) is 7.11 Å². The number of nitrogens with zero attached hydrogens (tertiary/aromatic N) is 1. The lowest BCUT2D eigenvalue weighted by Crippen LogP contribution is -2.58. The number of para-hydroxylation sites is 1. The van der Waals surface area contributed by atoms with E-state index < -0.39 is 0 Å². The van der Waals surface area contributed by atoms with Crippen molar-refractivity contribution in [2.75, 3.05) is 20.2 Å². The Morgan fingerprint density at radius 2 is 1.86 bits per heavy atom. The number of piperidine rings is 1. The van der Waals surface area contributed by atoms with Gasteiger partial charge in [-0.3, -0.25) is 4.79 Å². The zero-order valence-corrected chi connectivity index (χ0v) is 17.3. The summed E-state index contributed by atoms with van der Waals surface area (Å²) >= 11 is 0. The second kappa shape index (κ2) is 9.45. The Balaban J connectivity index is 1.48. The van der Waals surface area contributed by atoms with Crippen molar-refractivity contribution in [2.45, 2.75) is 56.5 Å². The quantitative estimate of drug-likeness (QED) is 0.831. The Hall–Kier alpha value is -2.33. The van der Waals surface area contributed by atoms with Gasteiger partial charge in [-0.1, -0.05) is 55.0 Å². The van der Waals surface area contributed by atoms with Crippen LogP contribution in [0.2, 0.25) is 0 Å². The average Bonchev–Trinajstić information content (AvgIpc) is 3.04. The van der Waals surface area contributed by atoms with Crippen molar-refractivity contribution in [1.29, 1.82) is 0 Å². The Morgan fingerprint density at radius 1 is 1.07 bits per heavy atom. The maximum atomic E-state index is 13.2. The number of hydrogen-bond donors (Lipinski definition) is 1. The van der Waals surface area contributed by atoms with Crippen LogP contribution in [0.25, 0.3) is 0 Å². The summed E-state index contributed by atoms with van der Waals surface area (Å²) in [5, 5.41) is 3.80. The summed E-state index contributed by atoms with van der Waals surface area (Å²) in [6.07, 6.45) is 5.77. The summed E-state index contributed by atoms with van der Waals surface area (Å²) in [5.41, 5.74) is 2.51. The highest BCUT2D eigenvalue weighted by Gasteiger charge is 2.40. The zero-order chi connectivity index (χ0) is 20.1. The molecule has 0 aromatic heterocycles. The number of methoxy groups -OCH3 is 1. The topological polar surface area (TPSA) is 41.6 Å². The molecule has 1 amide bonds. The largest absolute Gasteiger partial charge is 0.496 e. The first kappa shape index (κ1) is 20.0. The van der Waals surface area contributed by atoms with Gasteiger partial charge in [-0.15, -0.1) is 0 Å². The molecule has 3 atom stereocenters. The van der Waals surface area contributed by atoms with Crippen LogP contribution in [0.5, 0.6) is 5.75 Å². The standard InChI is InChI=1S/C25H32N2O2/c1-29-23-13-6-5-11-20(23)14-15-24(28)27-18-16-21(19-9-3-2-4-10-19)25-22(27)12-7-8-17-26-25/h2-6,9-11,13,21-22,25-26H,7-8,12,14-18H2,1H3/t21-,22-,25-/m1/s1. The maximum absolute atomic E-state index is 13.2. The van der Waals surface area contributed by atoms with Crippen LogP contribution in [-0.2, 0) is 11.2 Å². The van der Waals surface area contributed by atoms with Crippen LogP contribution >= 0.6 is 0 Å². The van der Waals surface area contributed by atoms with Crippen molar-refractivity contribution in [3.05, 3.63) is 65.7 Å². The smallest absolute Gasteiger partial charge is 0.223 e. The molecule has 4 nitrogen and oxygen atoms in total. The molecule has 0 spiro atoms. The Morgan fingerprint density at radius 3 is 2.69 bits per heavy atom. The van der Waals surface area contributed by atoms with Crippen LogP contribution in [-0.4, -0.2) is 43.1 Å². The molecule has 2 aliphatic heterocycles. The first-order valence-corrected chi connectivity index (χ1v) is 11.0. The van der Waals surface area contributed by atoms with E-state index in [2.05, 4.69) is 46.6 Å². The lowest BCUT2D eigenvalue weighted by Gasteiger charge is -2.45. The number of nitrogens with one attached hydrogen (secondary N) is 1. The summed E-state index contributed by atoms with van der Waals surface area (Å²) in [6, 6.07) is 19.5. The molecular formula is C25H32N2O2. The van der Waals surface area contributed by atoms with Gasteiger partial charge in [0.1, 0.15) is 5.75 Å². The molecule has 2 aromatic carbocycles. The highest BCUT2D eigenvalue weighted by Crippen LogP contribution is 2.35. The molecule has 2 saturated heterocycles. The average molecular weight is 393 g/mol. The molecule has 4 heteroatoms. The number of ether oxygens (including phenoxy) is 1. The third-order valence-corrected chi connectivity index (χ3v) is 6.58. The summed E-state index contributed by atoms with van der Waals surface area (Å²) < 4.78 is 5.45. The van der Waals surface area contributed by atoms with Gasteiger partial charge in [0.25, 0.3) is 0 Å². The predicted octanol–water partition coefficient (Wildman–Crippen LogP) is 4.15. The van der Waals surface area contributed by atoms with Gasteiger partial charge in [-0.2, -0.15) is 0 Å². The molecule has 2 heterocycles. The van der Waals surface area contributed by atoms with Crippen LogP contribution in [0.15, 0.2) is 54.6 Å². The van der Waals surface area contributed by atoms with E-state index in [9.17, 15) is 4.79 Å². The Bertz CT molecular complexity index is 807. The minimum Gasteiger partial charge on any atom is -0.496 e. The van der Waals surface area contributed by atoms with Crippen molar-refractivity contribution in [3.63, 3.8) is 0 Å². The van der Waals surface area contributed by atoms with Gasteiger partial charge in [0.15, 0.2) is 0 Å². The fraction of sp³-hybridized carbons (Fsp3) is 0.480. The summed E-state index contributed by atoms with van der Waals surface area (Å²) in [4.78, 5) is 15.4. The van der Waals surface area contributed by atoms with Crippen molar-refractivity contribution in [3.8, 4) is 5.75 Å². The first-order chi connectivity index (χ1) is 14.3. The van der Waals surface area contributed by atoms with E-state index in [0.29, 0.717) is 24.4 Å². The van der Waals surface area contributed by atoms with Gasteiger partial charge in [0, 0.05) is 31.0 Å². The minimum atomic E-state index is 0.279. The monoisotopic (exact) mass is 392 g/mol. The van der Waals surface area contributed by atoms with E-state index in [4.69, 9.17) is 4.74 Å². The molecule has 2 aliphatic rings. The van der Waals surface area contributed by atoms with E-state index in [1.807, 2.05) is 18.2 Å². The minimum absolute atomic E-state index is 0.279. The van der Waals surface area contributed by atoms with Crippen molar-refractivity contribution in [2.24, 2.45) is 0 Å². The van der Waals surface area contributed by atoms with Gasteiger partial charge >= 0.3 is 0 Å². The van der Waals surface area contributed by atoms with Gasteiger partial charge in [0.2, 0.25) is 5.91 Å². The molecular weight excluding hydrogens is 360 g/mol.